The van der Waals surface area contributed by atoms with Crippen LogP contribution in [0.2, 0.25) is 5.02 Å². The minimum absolute atomic E-state index is 0.144. The van der Waals surface area contributed by atoms with E-state index in [1.54, 1.807) is 24.3 Å². The zero-order chi connectivity index (χ0) is 17.8. The van der Waals surface area contributed by atoms with E-state index in [1.165, 1.54) is 12.1 Å². The Kier molecular flexibility index (Phi) is 5.50. The number of amides is 1. The van der Waals surface area contributed by atoms with Crippen molar-refractivity contribution in [3.05, 3.63) is 59.1 Å². The number of rotatable bonds is 4. The first-order valence-corrected chi connectivity index (χ1v) is 8.37. The van der Waals surface area contributed by atoms with Gasteiger partial charge in [0.1, 0.15) is 11.6 Å². The molecular formula is C18H18ClF2N3O. The van der Waals surface area contributed by atoms with Crippen molar-refractivity contribution in [3.63, 3.8) is 0 Å². The fourth-order valence-corrected chi connectivity index (χ4v) is 3.02. The summed E-state index contributed by atoms with van der Waals surface area (Å²) in [5, 5.41) is 3.28. The molecule has 4 nitrogen and oxygen atoms in total. The average Bonchev–Trinajstić information content (AvgIpc) is 2.58. The third kappa shape index (κ3) is 4.46. The SMILES string of the molecule is O=C(CN1CCN(c2ccc(F)cc2F)CC1)Nc1ccccc1Cl. The van der Waals surface area contributed by atoms with Crippen LogP contribution in [-0.4, -0.2) is 43.5 Å². The molecule has 132 valence electrons. The van der Waals surface area contributed by atoms with Crippen LogP contribution in [0.15, 0.2) is 42.5 Å². The monoisotopic (exact) mass is 365 g/mol. The van der Waals surface area contributed by atoms with Crippen molar-refractivity contribution in [2.24, 2.45) is 0 Å². The predicted octanol–water partition coefficient (Wildman–Crippen LogP) is 3.38. The Balaban J connectivity index is 1.52. The largest absolute Gasteiger partial charge is 0.367 e. The van der Waals surface area contributed by atoms with Crippen LogP contribution in [-0.2, 0) is 4.79 Å². The molecule has 2 aromatic rings. The summed E-state index contributed by atoms with van der Waals surface area (Å²) in [6, 6.07) is 10.6. The number of piperazine rings is 1. The first-order valence-electron chi connectivity index (χ1n) is 7.99. The molecule has 1 saturated heterocycles. The number of carbonyl (C=O) groups excluding carboxylic acids is 1. The Labute approximate surface area is 150 Å². The molecule has 7 heteroatoms. The highest BCUT2D eigenvalue weighted by atomic mass is 35.5. The summed E-state index contributed by atoms with van der Waals surface area (Å²) in [5.74, 6) is -1.30. The van der Waals surface area contributed by atoms with Gasteiger partial charge in [-0.25, -0.2) is 8.78 Å². The van der Waals surface area contributed by atoms with Gasteiger partial charge in [-0.15, -0.1) is 0 Å². The summed E-state index contributed by atoms with van der Waals surface area (Å²) in [7, 11) is 0. The van der Waals surface area contributed by atoms with Crippen molar-refractivity contribution in [2.75, 3.05) is 42.9 Å². The number of nitrogens with zero attached hydrogens (tertiary/aromatic N) is 2. The zero-order valence-electron chi connectivity index (χ0n) is 13.5. The molecule has 0 saturated carbocycles. The van der Waals surface area contributed by atoms with E-state index in [0.29, 0.717) is 42.6 Å². The number of benzene rings is 2. The Morgan fingerprint density at radius 1 is 1.08 bits per heavy atom. The van der Waals surface area contributed by atoms with Gasteiger partial charge >= 0.3 is 0 Å². The summed E-state index contributed by atoms with van der Waals surface area (Å²) >= 11 is 6.03. The van der Waals surface area contributed by atoms with Crippen LogP contribution in [0.1, 0.15) is 0 Å². The molecule has 1 N–H and O–H groups in total. The molecule has 3 rings (SSSR count). The third-order valence-electron chi connectivity index (χ3n) is 4.14. The minimum atomic E-state index is -0.587. The van der Waals surface area contributed by atoms with Crippen LogP contribution in [0, 0.1) is 11.6 Å². The average molecular weight is 366 g/mol. The van der Waals surface area contributed by atoms with E-state index in [1.807, 2.05) is 9.80 Å². The van der Waals surface area contributed by atoms with E-state index in [-0.39, 0.29) is 12.5 Å². The molecular weight excluding hydrogens is 348 g/mol. The Morgan fingerprint density at radius 2 is 1.80 bits per heavy atom. The Bertz CT molecular complexity index is 764. The molecule has 0 bridgehead atoms. The first-order chi connectivity index (χ1) is 12.0. The van der Waals surface area contributed by atoms with Crippen molar-refractivity contribution in [3.8, 4) is 0 Å². The van der Waals surface area contributed by atoms with Gasteiger partial charge in [0.15, 0.2) is 0 Å². The number of hydrogen-bond acceptors (Lipinski definition) is 3. The fourth-order valence-electron chi connectivity index (χ4n) is 2.84. The molecule has 1 amide bonds. The van der Waals surface area contributed by atoms with E-state index >= 15 is 0 Å². The van der Waals surface area contributed by atoms with E-state index in [2.05, 4.69) is 5.32 Å². The summed E-state index contributed by atoms with van der Waals surface area (Å²) in [5.41, 5.74) is 0.975. The highest BCUT2D eigenvalue weighted by Crippen LogP contribution is 2.22. The van der Waals surface area contributed by atoms with Gasteiger partial charge in [-0.3, -0.25) is 9.69 Å². The van der Waals surface area contributed by atoms with Crippen molar-refractivity contribution in [1.82, 2.24) is 4.90 Å². The normalized spacial score (nSPS) is 15.2. The van der Waals surface area contributed by atoms with Crippen LogP contribution in [0.25, 0.3) is 0 Å². The number of hydrogen-bond donors (Lipinski definition) is 1. The lowest BCUT2D eigenvalue weighted by molar-refractivity contribution is -0.117. The van der Waals surface area contributed by atoms with Gasteiger partial charge in [0.25, 0.3) is 0 Å². The van der Waals surface area contributed by atoms with Crippen LogP contribution < -0.4 is 10.2 Å². The van der Waals surface area contributed by atoms with Crippen molar-refractivity contribution in [2.45, 2.75) is 0 Å². The second-order valence-corrected chi connectivity index (χ2v) is 6.29. The Morgan fingerprint density at radius 3 is 2.48 bits per heavy atom. The van der Waals surface area contributed by atoms with Gasteiger partial charge in [0.05, 0.1) is 22.9 Å². The van der Waals surface area contributed by atoms with Gasteiger partial charge in [0.2, 0.25) is 5.91 Å². The number of para-hydroxylation sites is 1. The minimum Gasteiger partial charge on any atom is -0.367 e. The lowest BCUT2D eigenvalue weighted by Gasteiger charge is -2.35. The maximum absolute atomic E-state index is 13.9. The van der Waals surface area contributed by atoms with Gasteiger partial charge < -0.3 is 10.2 Å². The molecule has 0 aliphatic carbocycles. The molecule has 0 aromatic heterocycles. The summed E-state index contributed by atoms with van der Waals surface area (Å²) in [4.78, 5) is 16.0. The topological polar surface area (TPSA) is 35.6 Å². The van der Waals surface area contributed by atoms with Crippen LogP contribution in [0.4, 0.5) is 20.2 Å². The molecule has 0 spiro atoms. The molecule has 1 aliphatic heterocycles. The third-order valence-corrected chi connectivity index (χ3v) is 4.47. The van der Waals surface area contributed by atoms with E-state index in [4.69, 9.17) is 11.6 Å². The standard InChI is InChI=1S/C18H18ClF2N3O/c19-14-3-1-2-4-16(14)22-18(25)12-23-7-9-24(10-8-23)17-6-5-13(20)11-15(17)21/h1-6,11H,7-10,12H2,(H,22,25). The van der Waals surface area contributed by atoms with Gasteiger partial charge in [0, 0.05) is 32.2 Å². The van der Waals surface area contributed by atoms with Gasteiger partial charge in [-0.1, -0.05) is 23.7 Å². The molecule has 1 heterocycles. The maximum Gasteiger partial charge on any atom is 0.238 e. The number of carbonyl (C=O) groups is 1. The van der Waals surface area contributed by atoms with Gasteiger partial charge in [-0.2, -0.15) is 0 Å². The summed E-state index contributed by atoms with van der Waals surface area (Å²) in [6.45, 7) is 2.62. The lowest BCUT2D eigenvalue weighted by atomic mass is 10.2. The van der Waals surface area contributed by atoms with Crippen LogP contribution in [0.5, 0.6) is 0 Å². The Hall–Kier alpha value is -2.18. The van der Waals surface area contributed by atoms with Crippen molar-refractivity contribution in [1.29, 1.82) is 0 Å². The summed E-state index contributed by atoms with van der Waals surface area (Å²) in [6.07, 6.45) is 0. The lowest BCUT2D eigenvalue weighted by Crippen LogP contribution is -2.48. The summed E-state index contributed by atoms with van der Waals surface area (Å²) < 4.78 is 26.9. The smallest absolute Gasteiger partial charge is 0.238 e. The number of anilines is 2. The number of halogens is 3. The van der Waals surface area contributed by atoms with Crippen LogP contribution in [0.3, 0.4) is 0 Å². The molecule has 2 aromatic carbocycles. The highest BCUT2D eigenvalue weighted by molar-refractivity contribution is 6.33. The number of nitrogens with one attached hydrogen (secondary N) is 1. The second-order valence-electron chi connectivity index (χ2n) is 5.89. The van der Waals surface area contributed by atoms with Crippen molar-refractivity contribution >= 4 is 28.9 Å². The predicted molar refractivity (Wildman–Crippen MR) is 95.1 cm³/mol. The van der Waals surface area contributed by atoms with Crippen molar-refractivity contribution < 1.29 is 13.6 Å². The van der Waals surface area contributed by atoms with Crippen LogP contribution >= 0.6 is 11.6 Å². The first kappa shape index (κ1) is 17.6. The van der Waals surface area contributed by atoms with E-state index in [0.717, 1.165) is 6.07 Å². The molecule has 1 aliphatic rings. The highest BCUT2D eigenvalue weighted by Gasteiger charge is 2.21. The quantitative estimate of drug-likeness (QED) is 0.902. The molecule has 0 radical (unpaired) electrons. The second kappa shape index (κ2) is 7.80. The molecule has 0 atom stereocenters. The fraction of sp³-hybridized carbons (Fsp3) is 0.278. The van der Waals surface area contributed by atoms with E-state index < -0.39 is 11.6 Å². The molecule has 0 unspecified atom stereocenters. The zero-order valence-corrected chi connectivity index (χ0v) is 14.3. The maximum atomic E-state index is 13.9. The molecule has 1 fully saturated rings. The van der Waals surface area contributed by atoms with Gasteiger partial charge in [-0.05, 0) is 24.3 Å². The molecule has 25 heavy (non-hydrogen) atoms. The van der Waals surface area contributed by atoms with E-state index in [9.17, 15) is 13.6 Å².